The number of amides is 1. The van der Waals surface area contributed by atoms with Crippen LogP contribution in [0.3, 0.4) is 0 Å². The molecule has 0 atom stereocenters. The highest BCUT2D eigenvalue weighted by atomic mass is 79.9. The van der Waals surface area contributed by atoms with E-state index in [0.717, 1.165) is 23.0 Å². The van der Waals surface area contributed by atoms with Crippen molar-refractivity contribution >= 4 is 39.9 Å². The minimum Gasteiger partial charge on any atom is -0.324 e. The number of nitrogens with one attached hydrogen (secondary N) is 1. The van der Waals surface area contributed by atoms with Gasteiger partial charge in [-0.3, -0.25) is 4.79 Å². The van der Waals surface area contributed by atoms with E-state index in [1.165, 1.54) is 0 Å². The molecule has 1 aromatic carbocycles. The maximum atomic E-state index is 11.6. The molecule has 1 amide bonds. The SMILES string of the molecule is Cl.NC1(C(=O)Nc2cccc(Br)c2)CC1. The molecule has 0 bridgehead atoms. The zero-order valence-corrected chi connectivity index (χ0v) is 10.4. The van der Waals surface area contributed by atoms with Gasteiger partial charge in [-0.25, -0.2) is 0 Å². The molecule has 0 radical (unpaired) electrons. The van der Waals surface area contributed by atoms with Gasteiger partial charge in [-0.2, -0.15) is 0 Å². The van der Waals surface area contributed by atoms with E-state index in [1.54, 1.807) is 0 Å². The third kappa shape index (κ3) is 2.93. The highest BCUT2D eigenvalue weighted by Gasteiger charge is 2.45. The van der Waals surface area contributed by atoms with E-state index in [-0.39, 0.29) is 18.3 Å². The fraction of sp³-hybridized carbons (Fsp3) is 0.300. The average Bonchev–Trinajstić information content (AvgIpc) is 2.85. The molecule has 1 aromatic rings. The van der Waals surface area contributed by atoms with Crippen LogP contribution in [-0.2, 0) is 4.79 Å². The molecule has 0 aromatic heterocycles. The maximum absolute atomic E-state index is 11.6. The molecule has 0 heterocycles. The Hall–Kier alpha value is -0.580. The molecule has 3 N–H and O–H groups in total. The topological polar surface area (TPSA) is 55.1 Å². The molecule has 1 saturated carbocycles. The van der Waals surface area contributed by atoms with Crippen molar-refractivity contribution < 1.29 is 4.79 Å². The first-order valence-corrected chi connectivity index (χ1v) is 5.25. The number of hydrogen-bond acceptors (Lipinski definition) is 2. The van der Waals surface area contributed by atoms with Crippen LogP contribution in [0.2, 0.25) is 0 Å². The van der Waals surface area contributed by atoms with E-state index >= 15 is 0 Å². The third-order valence-electron chi connectivity index (χ3n) is 2.32. The van der Waals surface area contributed by atoms with Crippen LogP contribution >= 0.6 is 28.3 Å². The van der Waals surface area contributed by atoms with E-state index in [9.17, 15) is 4.79 Å². The van der Waals surface area contributed by atoms with Gasteiger partial charge in [0.25, 0.3) is 0 Å². The largest absolute Gasteiger partial charge is 0.324 e. The number of rotatable bonds is 2. The molecule has 3 nitrogen and oxygen atoms in total. The van der Waals surface area contributed by atoms with Crippen molar-refractivity contribution in [1.82, 2.24) is 0 Å². The van der Waals surface area contributed by atoms with Crippen molar-refractivity contribution in [3.63, 3.8) is 0 Å². The van der Waals surface area contributed by atoms with Crippen LogP contribution in [0.4, 0.5) is 5.69 Å². The van der Waals surface area contributed by atoms with Crippen LogP contribution in [0.15, 0.2) is 28.7 Å². The summed E-state index contributed by atoms with van der Waals surface area (Å²) in [7, 11) is 0. The Morgan fingerprint density at radius 1 is 1.47 bits per heavy atom. The van der Waals surface area contributed by atoms with E-state index in [0.29, 0.717) is 0 Å². The number of nitrogens with two attached hydrogens (primary N) is 1. The lowest BCUT2D eigenvalue weighted by Crippen LogP contribution is -2.37. The molecule has 82 valence electrons. The first-order valence-electron chi connectivity index (χ1n) is 4.46. The number of carbonyl (C=O) groups is 1. The number of halogens is 2. The summed E-state index contributed by atoms with van der Waals surface area (Å²) < 4.78 is 0.942. The number of hydrogen-bond donors (Lipinski definition) is 2. The van der Waals surface area contributed by atoms with Crippen LogP contribution < -0.4 is 11.1 Å². The van der Waals surface area contributed by atoms with Gasteiger partial charge in [0.15, 0.2) is 0 Å². The van der Waals surface area contributed by atoms with Crippen LogP contribution in [0.5, 0.6) is 0 Å². The minimum atomic E-state index is -0.609. The first kappa shape index (κ1) is 12.5. The zero-order valence-electron chi connectivity index (χ0n) is 8.00. The van der Waals surface area contributed by atoms with Crippen molar-refractivity contribution in [2.75, 3.05) is 5.32 Å². The van der Waals surface area contributed by atoms with Gasteiger partial charge in [-0.15, -0.1) is 12.4 Å². The molecule has 2 rings (SSSR count). The second-order valence-corrected chi connectivity index (χ2v) is 4.54. The van der Waals surface area contributed by atoms with Crippen molar-refractivity contribution in [1.29, 1.82) is 0 Å². The maximum Gasteiger partial charge on any atom is 0.244 e. The van der Waals surface area contributed by atoms with Gasteiger partial charge >= 0.3 is 0 Å². The third-order valence-corrected chi connectivity index (χ3v) is 2.82. The number of carbonyl (C=O) groups excluding carboxylic acids is 1. The van der Waals surface area contributed by atoms with Crippen molar-refractivity contribution in [3.8, 4) is 0 Å². The van der Waals surface area contributed by atoms with E-state index in [1.807, 2.05) is 24.3 Å². The Morgan fingerprint density at radius 3 is 2.67 bits per heavy atom. The van der Waals surface area contributed by atoms with E-state index in [4.69, 9.17) is 5.73 Å². The molecular formula is C10H12BrClN2O. The smallest absolute Gasteiger partial charge is 0.244 e. The predicted octanol–water partition coefficient (Wildman–Crippen LogP) is 2.30. The number of benzene rings is 1. The van der Waals surface area contributed by atoms with Gasteiger partial charge < -0.3 is 11.1 Å². The second-order valence-electron chi connectivity index (χ2n) is 3.62. The van der Waals surface area contributed by atoms with Gasteiger partial charge in [0, 0.05) is 10.2 Å². The van der Waals surface area contributed by atoms with Crippen LogP contribution in [-0.4, -0.2) is 11.4 Å². The van der Waals surface area contributed by atoms with Crippen molar-refractivity contribution in [2.45, 2.75) is 18.4 Å². The van der Waals surface area contributed by atoms with Crippen molar-refractivity contribution in [2.24, 2.45) is 5.73 Å². The Kier molecular flexibility index (Phi) is 3.76. The fourth-order valence-corrected chi connectivity index (χ4v) is 1.58. The van der Waals surface area contributed by atoms with Gasteiger partial charge in [0.1, 0.15) is 0 Å². The van der Waals surface area contributed by atoms with Gasteiger partial charge in [0.05, 0.1) is 5.54 Å². The minimum absolute atomic E-state index is 0. The predicted molar refractivity (Wildman–Crippen MR) is 66.2 cm³/mol. The normalized spacial score (nSPS) is 16.4. The van der Waals surface area contributed by atoms with Gasteiger partial charge in [-0.1, -0.05) is 22.0 Å². The quantitative estimate of drug-likeness (QED) is 0.878. The van der Waals surface area contributed by atoms with Crippen molar-refractivity contribution in [3.05, 3.63) is 28.7 Å². The summed E-state index contributed by atoms with van der Waals surface area (Å²) in [6.45, 7) is 0. The summed E-state index contributed by atoms with van der Waals surface area (Å²) in [6, 6.07) is 7.47. The summed E-state index contributed by atoms with van der Waals surface area (Å²) >= 11 is 3.34. The Bertz CT molecular complexity index is 379. The Balaban J connectivity index is 0.00000112. The highest BCUT2D eigenvalue weighted by molar-refractivity contribution is 9.10. The summed E-state index contributed by atoms with van der Waals surface area (Å²) in [5.74, 6) is -0.0874. The molecule has 15 heavy (non-hydrogen) atoms. The molecule has 1 fully saturated rings. The Morgan fingerprint density at radius 2 is 2.13 bits per heavy atom. The average molecular weight is 292 g/mol. The highest BCUT2D eigenvalue weighted by Crippen LogP contribution is 2.33. The summed E-state index contributed by atoms with van der Waals surface area (Å²) in [6.07, 6.45) is 1.57. The fourth-order valence-electron chi connectivity index (χ4n) is 1.18. The molecule has 0 saturated heterocycles. The van der Waals surface area contributed by atoms with E-state index < -0.39 is 5.54 Å². The number of anilines is 1. The zero-order chi connectivity index (χ0) is 10.2. The Labute approximate surface area is 103 Å². The first-order chi connectivity index (χ1) is 6.60. The molecule has 5 heteroatoms. The molecule has 1 aliphatic rings. The summed E-state index contributed by atoms with van der Waals surface area (Å²) in [5, 5.41) is 2.79. The second kappa shape index (κ2) is 4.51. The van der Waals surface area contributed by atoms with Gasteiger partial charge in [0.2, 0.25) is 5.91 Å². The molecule has 0 unspecified atom stereocenters. The van der Waals surface area contributed by atoms with E-state index in [2.05, 4.69) is 21.2 Å². The molecule has 0 aliphatic heterocycles. The van der Waals surface area contributed by atoms with Crippen LogP contribution in [0.1, 0.15) is 12.8 Å². The molecule has 1 aliphatic carbocycles. The lowest BCUT2D eigenvalue weighted by Gasteiger charge is -2.09. The van der Waals surface area contributed by atoms with Gasteiger partial charge in [-0.05, 0) is 31.0 Å². The van der Waals surface area contributed by atoms with Crippen LogP contribution in [0.25, 0.3) is 0 Å². The summed E-state index contributed by atoms with van der Waals surface area (Å²) in [5.41, 5.74) is 5.92. The van der Waals surface area contributed by atoms with Crippen LogP contribution in [0, 0.1) is 0 Å². The summed E-state index contributed by atoms with van der Waals surface area (Å²) in [4.78, 5) is 11.6. The lowest BCUT2D eigenvalue weighted by atomic mass is 10.2. The molecule has 0 spiro atoms. The monoisotopic (exact) mass is 290 g/mol. The standard InChI is InChI=1S/C10H11BrN2O.ClH/c11-7-2-1-3-8(6-7)13-9(14)10(12)4-5-10;/h1-3,6H,4-5,12H2,(H,13,14);1H. The lowest BCUT2D eigenvalue weighted by molar-refractivity contribution is -0.118. The molecular weight excluding hydrogens is 279 g/mol.